The third-order valence-corrected chi connectivity index (χ3v) is 3.97. The summed E-state index contributed by atoms with van der Waals surface area (Å²) in [6.45, 7) is 4.06. The Hall–Kier alpha value is -1.73. The second-order valence-electron chi connectivity index (χ2n) is 4.53. The third kappa shape index (κ3) is 2.73. The van der Waals surface area contributed by atoms with Crippen LogP contribution in [0.25, 0.3) is 0 Å². The molecule has 0 bridgehead atoms. The molecule has 2 aromatic heterocycles. The summed E-state index contributed by atoms with van der Waals surface area (Å²) >= 11 is 1.61. The van der Waals surface area contributed by atoms with E-state index in [0.29, 0.717) is 25.0 Å². The molecule has 106 valence electrons. The normalized spacial score (nSPS) is 19.1. The first kappa shape index (κ1) is 13.3. The van der Waals surface area contributed by atoms with Crippen LogP contribution >= 0.6 is 11.3 Å². The van der Waals surface area contributed by atoms with E-state index in [1.165, 1.54) is 0 Å². The summed E-state index contributed by atoms with van der Waals surface area (Å²) in [4.78, 5) is 15.3. The third-order valence-electron chi connectivity index (χ3n) is 3.10. The Kier molecular flexibility index (Phi) is 3.79. The summed E-state index contributed by atoms with van der Waals surface area (Å²) in [5, 5.41) is 2.96. The summed E-state index contributed by atoms with van der Waals surface area (Å²) in [6.07, 6.45) is 1.79. The Bertz CT molecular complexity index is 576. The number of aryl methyl sites for hydroxylation is 1. The van der Waals surface area contributed by atoms with Crippen LogP contribution in [0.3, 0.4) is 0 Å². The molecule has 0 N–H and O–H groups in total. The lowest BCUT2D eigenvalue weighted by atomic mass is 10.3. The number of thiazole rings is 1. The van der Waals surface area contributed by atoms with E-state index in [1.807, 2.05) is 18.4 Å². The Balaban J connectivity index is 1.81. The molecule has 0 spiro atoms. The van der Waals surface area contributed by atoms with Crippen LogP contribution < -0.4 is 9.64 Å². The summed E-state index contributed by atoms with van der Waals surface area (Å²) in [5.74, 6) is 1.27. The van der Waals surface area contributed by atoms with Crippen molar-refractivity contribution in [3.05, 3.63) is 28.3 Å². The Morgan fingerprint density at radius 3 is 3.10 bits per heavy atom. The molecular formula is C13H16N4O2S. The van der Waals surface area contributed by atoms with Crippen molar-refractivity contribution in [3.63, 3.8) is 0 Å². The Labute approximate surface area is 121 Å². The van der Waals surface area contributed by atoms with Gasteiger partial charge < -0.3 is 14.4 Å². The molecule has 3 rings (SSSR count). The maximum absolute atomic E-state index is 5.78. The highest BCUT2D eigenvalue weighted by atomic mass is 32.1. The lowest BCUT2D eigenvalue weighted by Crippen LogP contribution is -2.39. The topological polar surface area (TPSA) is 60.4 Å². The van der Waals surface area contributed by atoms with Gasteiger partial charge in [-0.3, -0.25) is 0 Å². The molecule has 0 aliphatic carbocycles. The SMILES string of the molecule is COc1cc(C)nc(N2CCOC(c3nccs3)C2)n1. The summed E-state index contributed by atoms with van der Waals surface area (Å²) in [6, 6.07) is 1.82. The zero-order chi connectivity index (χ0) is 13.9. The molecule has 1 aliphatic rings. The fourth-order valence-corrected chi connectivity index (χ4v) is 2.82. The molecule has 0 radical (unpaired) electrons. The summed E-state index contributed by atoms with van der Waals surface area (Å²) in [7, 11) is 1.61. The minimum atomic E-state index is -0.0149. The zero-order valence-corrected chi connectivity index (χ0v) is 12.3. The standard InChI is InChI=1S/C13H16N4O2S/c1-9-7-11(18-2)16-13(15-9)17-4-5-19-10(8-17)12-14-3-6-20-12/h3,6-7,10H,4-5,8H2,1-2H3. The molecule has 20 heavy (non-hydrogen) atoms. The van der Waals surface area contributed by atoms with E-state index in [2.05, 4.69) is 19.9 Å². The Morgan fingerprint density at radius 1 is 1.45 bits per heavy atom. The van der Waals surface area contributed by atoms with Gasteiger partial charge in [-0.1, -0.05) is 0 Å². The highest BCUT2D eigenvalue weighted by molar-refractivity contribution is 7.09. The average Bonchev–Trinajstić information content (AvgIpc) is 3.01. The minimum absolute atomic E-state index is 0.0149. The van der Waals surface area contributed by atoms with Crippen molar-refractivity contribution < 1.29 is 9.47 Å². The van der Waals surface area contributed by atoms with Gasteiger partial charge in [0, 0.05) is 29.9 Å². The lowest BCUT2D eigenvalue weighted by molar-refractivity contribution is 0.0390. The van der Waals surface area contributed by atoms with Gasteiger partial charge >= 0.3 is 0 Å². The Morgan fingerprint density at radius 2 is 2.35 bits per heavy atom. The zero-order valence-electron chi connectivity index (χ0n) is 11.4. The molecule has 1 aliphatic heterocycles. The van der Waals surface area contributed by atoms with Crippen LogP contribution in [-0.4, -0.2) is 41.8 Å². The van der Waals surface area contributed by atoms with E-state index in [1.54, 1.807) is 24.6 Å². The van der Waals surface area contributed by atoms with Crippen molar-refractivity contribution in [3.8, 4) is 5.88 Å². The maximum atomic E-state index is 5.78. The predicted molar refractivity (Wildman–Crippen MR) is 76.3 cm³/mol. The van der Waals surface area contributed by atoms with Crippen LogP contribution in [-0.2, 0) is 4.74 Å². The quantitative estimate of drug-likeness (QED) is 0.860. The molecule has 1 unspecified atom stereocenters. The number of hydrogen-bond donors (Lipinski definition) is 0. The molecule has 6 nitrogen and oxygen atoms in total. The van der Waals surface area contributed by atoms with Crippen molar-refractivity contribution in [2.24, 2.45) is 0 Å². The van der Waals surface area contributed by atoms with Crippen molar-refractivity contribution in [2.75, 3.05) is 31.7 Å². The average molecular weight is 292 g/mol. The fourth-order valence-electron chi connectivity index (χ4n) is 2.14. The minimum Gasteiger partial charge on any atom is -0.481 e. The van der Waals surface area contributed by atoms with Gasteiger partial charge in [0.15, 0.2) is 0 Å². The largest absolute Gasteiger partial charge is 0.481 e. The highest BCUT2D eigenvalue weighted by Crippen LogP contribution is 2.26. The predicted octanol–water partition coefficient (Wildman–Crippen LogP) is 1.83. The van der Waals surface area contributed by atoms with Crippen LogP contribution in [0.4, 0.5) is 5.95 Å². The van der Waals surface area contributed by atoms with Crippen LogP contribution in [0, 0.1) is 6.92 Å². The van der Waals surface area contributed by atoms with Gasteiger partial charge in [0.2, 0.25) is 11.8 Å². The first-order valence-electron chi connectivity index (χ1n) is 6.42. The summed E-state index contributed by atoms with van der Waals surface area (Å²) in [5.41, 5.74) is 0.893. The van der Waals surface area contributed by atoms with Crippen LogP contribution in [0.1, 0.15) is 16.8 Å². The van der Waals surface area contributed by atoms with Gasteiger partial charge in [0.25, 0.3) is 0 Å². The van der Waals surface area contributed by atoms with E-state index in [9.17, 15) is 0 Å². The van der Waals surface area contributed by atoms with Gasteiger partial charge in [0.05, 0.1) is 20.3 Å². The van der Waals surface area contributed by atoms with E-state index in [4.69, 9.17) is 9.47 Å². The van der Waals surface area contributed by atoms with Gasteiger partial charge in [-0.25, -0.2) is 9.97 Å². The number of aromatic nitrogens is 3. The van der Waals surface area contributed by atoms with Crippen molar-refractivity contribution in [1.29, 1.82) is 0 Å². The van der Waals surface area contributed by atoms with E-state index in [-0.39, 0.29) is 6.10 Å². The number of ether oxygens (including phenoxy) is 2. The van der Waals surface area contributed by atoms with E-state index in [0.717, 1.165) is 17.2 Å². The number of anilines is 1. The number of morpholine rings is 1. The van der Waals surface area contributed by atoms with Gasteiger partial charge in [-0.05, 0) is 6.92 Å². The number of nitrogens with zero attached hydrogens (tertiary/aromatic N) is 4. The molecule has 7 heteroatoms. The number of methoxy groups -OCH3 is 1. The first-order chi connectivity index (χ1) is 9.76. The van der Waals surface area contributed by atoms with Crippen LogP contribution in [0.15, 0.2) is 17.6 Å². The van der Waals surface area contributed by atoms with Gasteiger partial charge in [-0.15, -0.1) is 11.3 Å². The fraction of sp³-hybridized carbons (Fsp3) is 0.462. The monoisotopic (exact) mass is 292 g/mol. The molecular weight excluding hydrogens is 276 g/mol. The maximum Gasteiger partial charge on any atom is 0.229 e. The van der Waals surface area contributed by atoms with Crippen molar-refractivity contribution in [1.82, 2.24) is 15.0 Å². The van der Waals surface area contributed by atoms with Gasteiger partial charge in [-0.2, -0.15) is 4.98 Å². The van der Waals surface area contributed by atoms with E-state index >= 15 is 0 Å². The molecule has 0 amide bonds. The first-order valence-corrected chi connectivity index (χ1v) is 7.30. The molecule has 0 aromatic carbocycles. The highest BCUT2D eigenvalue weighted by Gasteiger charge is 2.25. The molecule has 2 aromatic rings. The molecule has 1 fully saturated rings. The molecule has 1 saturated heterocycles. The molecule has 0 saturated carbocycles. The lowest BCUT2D eigenvalue weighted by Gasteiger charge is -2.32. The second kappa shape index (κ2) is 5.72. The van der Waals surface area contributed by atoms with Crippen LogP contribution in [0.5, 0.6) is 5.88 Å². The molecule has 3 heterocycles. The van der Waals surface area contributed by atoms with Gasteiger partial charge in [0.1, 0.15) is 11.1 Å². The smallest absolute Gasteiger partial charge is 0.229 e. The summed E-state index contributed by atoms with van der Waals surface area (Å²) < 4.78 is 11.0. The number of rotatable bonds is 3. The van der Waals surface area contributed by atoms with E-state index < -0.39 is 0 Å². The van der Waals surface area contributed by atoms with Crippen molar-refractivity contribution >= 4 is 17.3 Å². The second-order valence-corrected chi connectivity index (χ2v) is 5.45. The molecule has 1 atom stereocenters. The number of hydrogen-bond acceptors (Lipinski definition) is 7. The van der Waals surface area contributed by atoms with Crippen molar-refractivity contribution in [2.45, 2.75) is 13.0 Å². The van der Waals surface area contributed by atoms with Crippen LogP contribution in [0.2, 0.25) is 0 Å².